The zero-order valence-electron chi connectivity index (χ0n) is 18.2. The van der Waals surface area contributed by atoms with E-state index in [1.807, 2.05) is 35.7 Å². The maximum absolute atomic E-state index is 13.8. The van der Waals surface area contributed by atoms with Crippen molar-refractivity contribution in [2.24, 2.45) is 0 Å². The quantitative estimate of drug-likeness (QED) is 0.249. The van der Waals surface area contributed by atoms with Gasteiger partial charge in [-0.05, 0) is 17.0 Å². The van der Waals surface area contributed by atoms with Gasteiger partial charge in [0.2, 0.25) is 5.91 Å². The molecule has 1 unspecified atom stereocenters. The summed E-state index contributed by atoms with van der Waals surface area (Å²) in [5.74, 6) is -2.22. The smallest absolute Gasteiger partial charge is 0.328 e. The first-order chi connectivity index (χ1) is 16.0. The minimum atomic E-state index is -1.27. The summed E-state index contributed by atoms with van der Waals surface area (Å²) in [4.78, 5) is 41.3. The molecule has 176 valence electrons. The lowest BCUT2D eigenvalue weighted by Crippen LogP contribution is -2.46. The van der Waals surface area contributed by atoms with Crippen LogP contribution in [0.1, 0.15) is 16.5 Å². The molecule has 0 saturated carbocycles. The molecule has 0 bridgehead atoms. The van der Waals surface area contributed by atoms with Crippen LogP contribution in [0.5, 0.6) is 0 Å². The Morgan fingerprint density at radius 1 is 1.09 bits per heavy atom. The van der Waals surface area contributed by atoms with Crippen molar-refractivity contribution in [1.29, 1.82) is 0 Å². The Hall–Kier alpha value is -3.27. The molecule has 9 heteroatoms. The van der Waals surface area contributed by atoms with Crippen LogP contribution in [-0.4, -0.2) is 70.7 Å². The van der Waals surface area contributed by atoms with Crippen LogP contribution in [-0.2, 0) is 25.7 Å². The fourth-order valence-corrected chi connectivity index (χ4v) is 3.98. The van der Waals surface area contributed by atoms with Gasteiger partial charge in [-0.25, -0.2) is 4.79 Å². The Labute approximate surface area is 197 Å². The third-order valence-electron chi connectivity index (χ3n) is 4.60. The summed E-state index contributed by atoms with van der Waals surface area (Å²) in [6, 6.07) is 12.0. The number of carboxylic acids is 1. The molecule has 2 aromatic rings. The van der Waals surface area contributed by atoms with Crippen LogP contribution < -0.4 is 0 Å². The van der Waals surface area contributed by atoms with Crippen molar-refractivity contribution < 1.29 is 29.3 Å². The average Bonchev–Trinajstić information content (AvgIpc) is 3.34. The SMILES string of the molecule is C=CCN(Cc1ccccc1)C(=O)C(c1cccs1)N(CCOCCO)C(=O)/C=C\C(=O)O. The number of aliphatic hydroxyl groups is 1. The van der Waals surface area contributed by atoms with Crippen molar-refractivity contribution in [1.82, 2.24) is 9.80 Å². The van der Waals surface area contributed by atoms with Crippen LogP contribution in [0.3, 0.4) is 0 Å². The van der Waals surface area contributed by atoms with Gasteiger partial charge in [0, 0.05) is 36.7 Å². The maximum Gasteiger partial charge on any atom is 0.328 e. The molecule has 1 heterocycles. The van der Waals surface area contributed by atoms with Crippen molar-refractivity contribution in [2.75, 3.05) is 32.9 Å². The molecule has 2 rings (SSSR count). The molecule has 0 aliphatic carbocycles. The lowest BCUT2D eigenvalue weighted by atomic mass is 10.1. The molecule has 33 heavy (non-hydrogen) atoms. The molecule has 0 fully saturated rings. The van der Waals surface area contributed by atoms with E-state index in [4.69, 9.17) is 14.9 Å². The first kappa shape index (κ1) is 26.0. The molecule has 0 aliphatic heterocycles. The second kappa shape index (κ2) is 14.0. The van der Waals surface area contributed by atoms with E-state index in [1.54, 1.807) is 23.1 Å². The topological polar surface area (TPSA) is 107 Å². The van der Waals surface area contributed by atoms with E-state index in [9.17, 15) is 14.4 Å². The molecule has 2 amide bonds. The van der Waals surface area contributed by atoms with E-state index in [0.717, 1.165) is 17.7 Å². The van der Waals surface area contributed by atoms with E-state index in [1.165, 1.54) is 16.2 Å². The van der Waals surface area contributed by atoms with Gasteiger partial charge in [-0.3, -0.25) is 9.59 Å². The molecule has 0 spiro atoms. The van der Waals surface area contributed by atoms with Crippen molar-refractivity contribution >= 4 is 29.1 Å². The van der Waals surface area contributed by atoms with E-state index in [0.29, 0.717) is 11.4 Å². The molecular weight excluding hydrogens is 444 g/mol. The average molecular weight is 473 g/mol. The number of carbonyl (C=O) groups excluding carboxylic acids is 2. The third-order valence-corrected chi connectivity index (χ3v) is 5.52. The van der Waals surface area contributed by atoms with Crippen LogP contribution in [0.15, 0.2) is 72.7 Å². The highest BCUT2D eigenvalue weighted by Crippen LogP contribution is 2.28. The van der Waals surface area contributed by atoms with Gasteiger partial charge in [0.15, 0.2) is 0 Å². The normalized spacial score (nSPS) is 11.8. The zero-order chi connectivity index (χ0) is 24.1. The van der Waals surface area contributed by atoms with Gasteiger partial charge in [-0.1, -0.05) is 42.5 Å². The number of hydrogen-bond acceptors (Lipinski definition) is 6. The van der Waals surface area contributed by atoms with Crippen molar-refractivity contribution in [2.45, 2.75) is 12.6 Å². The third kappa shape index (κ3) is 8.30. The molecule has 0 aliphatic rings. The number of hydrogen-bond donors (Lipinski definition) is 2. The summed E-state index contributed by atoms with van der Waals surface area (Å²) in [5, 5.41) is 19.7. The van der Waals surface area contributed by atoms with Crippen molar-refractivity contribution in [3.63, 3.8) is 0 Å². The fraction of sp³-hybridized carbons (Fsp3) is 0.292. The largest absolute Gasteiger partial charge is 0.478 e. The predicted octanol–water partition coefficient (Wildman–Crippen LogP) is 2.48. The summed E-state index contributed by atoms with van der Waals surface area (Å²) in [7, 11) is 0. The van der Waals surface area contributed by atoms with Gasteiger partial charge in [0.1, 0.15) is 6.04 Å². The first-order valence-electron chi connectivity index (χ1n) is 10.3. The Kier molecular flexibility index (Phi) is 11.0. The van der Waals surface area contributed by atoms with Gasteiger partial charge in [0.05, 0.1) is 19.8 Å². The van der Waals surface area contributed by atoms with E-state index < -0.39 is 17.9 Å². The number of rotatable bonds is 14. The first-order valence-corrected chi connectivity index (χ1v) is 11.2. The molecule has 1 aromatic heterocycles. The van der Waals surface area contributed by atoms with Gasteiger partial charge >= 0.3 is 5.97 Å². The summed E-state index contributed by atoms with van der Waals surface area (Å²) >= 11 is 1.33. The fourth-order valence-electron chi connectivity index (χ4n) is 3.15. The van der Waals surface area contributed by atoms with Gasteiger partial charge < -0.3 is 24.7 Å². The Balaban J connectivity index is 2.40. The van der Waals surface area contributed by atoms with Crippen molar-refractivity contribution in [3.8, 4) is 0 Å². The number of thiophene rings is 1. The van der Waals surface area contributed by atoms with Crippen LogP contribution in [0.2, 0.25) is 0 Å². The maximum atomic E-state index is 13.8. The van der Waals surface area contributed by atoms with Gasteiger partial charge in [0.25, 0.3) is 5.91 Å². The number of aliphatic hydroxyl groups excluding tert-OH is 1. The lowest BCUT2D eigenvalue weighted by Gasteiger charge is -2.33. The standard InChI is InChI=1S/C24H28N2O6S/c1-2-12-25(18-19-7-4-3-5-8-19)24(31)23(20-9-6-17-33-20)26(13-15-32-16-14-27)21(28)10-11-22(29)30/h2-11,17,23,27H,1,12-16,18H2,(H,29,30)/b11-10-. The Bertz CT molecular complexity index is 930. The van der Waals surface area contributed by atoms with Crippen LogP contribution in [0, 0.1) is 0 Å². The number of benzene rings is 1. The second-order valence-corrected chi connectivity index (χ2v) is 7.93. The van der Waals surface area contributed by atoms with Crippen molar-refractivity contribution in [3.05, 3.63) is 83.1 Å². The monoisotopic (exact) mass is 472 g/mol. The second-order valence-electron chi connectivity index (χ2n) is 6.95. The highest BCUT2D eigenvalue weighted by Gasteiger charge is 2.34. The molecule has 8 nitrogen and oxygen atoms in total. The number of carbonyl (C=O) groups is 3. The number of ether oxygens (including phenoxy) is 1. The zero-order valence-corrected chi connectivity index (χ0v) is 19.0. The van der Waals surface area contributed by atoms with Crippen LogP contribution in [0.25, 0.3) is 0 Å². The molecule has 1 atom stereocenters. The number of nitrogens with zero attached hydrogens (tertiary/aromatic N) is 2. The molecule has 0 saturated heterocycles. The number of aliphatic carboxylic acids is 1. The molecule has 2 N–H and O–H groups in total. The van der Waals surface area contributed by atoms with E-state index in [-0.39, 0.29) is 38.8 Å². The molecule has 1 aromatic carbocycles. The van der Waals surface area contributed by atoms with Crippen LogP contribution in [0.4, 0.5) is 0 Å². The highest BCUT2D eigenvalue weighted by atomic mass is 32.1. The summed E-state index contributed by atoms with van der Waals surface area (Å²) in [5.41, 5.74) is 0.924. The summed E-state index contributed by atoms with van der Waals surface area (Å²) in [6.07, 6.45) is 3.29. The highest BCUT2D eigenvalue weighted by molar-refractivity contribution is 7.10. The molecular formula is C24H28N2O6S. The van der Waals surface area contributed by atoms with E-state index >= 15 is 0 Å². The van der Waals surface area contributed by atoms with Gasteiger partial charge in [-0.15, -0.1) is 17.9 Å². The van der Waals surface area contributed by atoms with Gasteiger partial charge in [-0.2, -0.15) is 0 Å². The number of carboxylic acid groups (broad SMARTS) is 1. The summed E-state index contributed by atoms with van der Waals surface area (Å²) in [6.45, 7) is 4.35. The Morgan fingerprint density at radius 2 is 1.85 bits per heavy atom. The number of amides is 2. The minimum Gasteiger partial charge on any atom is -0.478 e. The van der Waals surface area contributed by atoms with E-state index in [2.05, 4.69) is 6.58 Å². The van der Waals surface area contributed by atoms with Crippen LogP contribution >= 0.6 is 11.3 Å². The summed E-state index contributed by atoms with van der Waals surface area (Å²) < 4.78 is 5.32. The lowest BCUT2D eigenvalue weighted by molar-refractivity contribution is -0.144. The predicted molar refractivity (Wildman–Crippen MR) is 126 cm³/mol. The Morgan fingerprint density at radius 3 is 2.45 bits per heavy atom. The minimum absolute atomic E-state index is 0.0321. The molecule has 0 radical (unpaired) electrons.